The molecular formula is C24H33N3O5S. The predicted octanol–water partition coefficient (Wildman–Crippen LogP) is 3.47. The molecule has 2 unspecified atom stereocenters. The van der Waals surface area contributed by atoms with Crippen LogP contribution in [0.3, 0.4) is 0 Å². The third-order valence-corrected chi connectivity index (χ3v) is 8.61. The molecule has 0 radical (unpaired) electrons. The molecule has 2 N–H and O–H groups in total. The van der Waals surface area contributed by atoms with Gasteiger partial charge in [0.15, 0.2) is 9.84 Å². The molecule has 2 fully saturated rings. The Bertz CT molecular complexity index is 1060. The van der Waals surface area contributed by atoms with E-state index in [1.54, 1.807) is 11.1 Å². The topological polar surface area (TPSA) is 111 Å². The number of methoxy groups -OCH3 is 1. The summed E-state index contributed by atoms with van der Waals surface area (Å²) in [6.45, 7) is 2.01. The third kappa shape index (κ3) is 5.03. The van der Waals surface area contributed by atoms with Gasteiger partial charge in [0.2, 0.25) is 0 Å². The molecule has 9 heteroatoms. The average molecular weight is 476 g/mol. The van der Waals surface area contributed by atoms with Crippen molar-refractivity contribution in [1.82, 2.24) is 0 Å². The number of nitrogens with zero attached hydrogens (tertiary/aromatic N) is 2. The zero-order valence-electron chi connectivity index (χ0n) is 19.3. The Balaban J connectivity index is 1.71. The van der Waals surface area contributed by atoms with Crippen LogP contribution in [0.5, 0.6) is 5.75 Å². The highest BCUT2D eigenvalue weighted by atomic mass is 32.2. The normalized spacial score (nSPS) is 25.4. The highest BCUT2D eigenvalue weighted by Gasteiger charge is 2.33. The van der Waals surface area contributed by atoms with Crippen molar-refractivity contribution in [3.8, 4) is 5.75 Å². The second-order valence-corrected chi connectivity index (χ2v) is 11.4. The molecule has 3 aliphatic rings. The number of anilines is 1. The lowest BCUT2D eigenvalue weighted by molar-refractivity contribution is 0.118. The molecular weight excluding hydrogens is 442 g/mol. The number of aliphatic imine (C=N–C) groups is 1. The number of fused-ring (bicyclic) bond motifs is 1. The van der Waals surface area contributed by atoms with Crippen molar-refractivity contribution in [2.45, 2.75) is 70.1 Å². The van der Waals surface area contributed by atoms with E-state index in [1.165, 1.54) is 13.3 Å². The number of rotatable bonds is 5. The minimum atomic E-state index is -3.04. The molecule has 1 saturated heterocycles. The zero-order chi connectivity index (χ0) is 23.6. The van der Waals surface area contributed by atoms with Gasteiger partial charge in [-0.05, 0) is 64.0 Å². The first-order valence-corrected chi connectivity index (χ1v) is 13.5. The van der Waals surface area contributed by atoms with Gasteiger partial charge >= 0.3 is 6.09 Å². The Morgan fingerprint density at radius 2 is 2.00 bits per heavy atom. The minimum absolute atomic E-state index is 0.0201. The molecule has 1 aromatic rings. The first kappa shape index (κ1) is 23.6. The van der Waals surface area contributed by atoms with Gasteiger partial charge in [-0.1, -0.05) is 0 Å². The summed E-state index contributed by atoms with van der Waals surface area (Å²) >= 11 is 0. The predicted molar refractivity (Wildman–Crippen MR) is 130 cm³/mol. The summed E-state index contributed by atoms with van der Waals surface area (Å²) < 4.78 is 35.5. The highest BCUT2D eigenvalue weighted by molar-refractivity contribution is 7.91. The van der Waals surface area contributed by atoms with Crippen molar-refractivity contribution >= 4 is 33.4 Å². The Kier molecular flexibility index (Phi) is 6.97. The number of carbonyl (C=O) groups excluding carboxylic acids is 1. The lowest BCUT2D eigenvalue weighted by Gasteiger charge is -2.37. The van der Waals surface area contributed by atoms with E-state index < -0.39 is 9.84 Å². The molecule has 2 heterocycles. The number of sulfone groups is 1. The highest BCUT2D eigenvalue weighted by Crippen LogP contribution is 2.43. The largest absolute Gasteiger partial charge is 0.489 e. The summed E-state index contributed by atoms with van der Waals surface area (Å²) in [4.78, 5) is 18.8. The second kappa shape index (κ2) is 9.75. The van der Waals surface area contributed by atoms with E-state index in [2.05, 4.69) is 4.99 Å². The van der Waals surface area contributed by atoms with Crippen molar-refractivity contribution in [3.63, 3.8) is 0 Å². The van der Waals surface area contributed by atoms with Crippen LogP contribution in [0.1, 0.15) is 56.6 Å². The molecule has 2 aliphatic heterocycles. The van der Waals surface area contributed by atoms with Crippen LogP contribution in [-0.4, -0.2) is 57.5 Å². The lowest BCUT2D eigenvalue weighted by atomic mass is 9.91. The van der Waals surface area contributed by atoms with Crippen molar-refractivity contribution in [2.24, 2.45) is 10.7 Å². The monoisotopic (exact) mass is 475 g/mol. The number of amides is 1. The van der Waals surface area contributed by atoms with Crippen LogP contribution in [0.15, 0.2) is 23.3 Å². The van der Waals surface area contributed by atoms with Crippen molar-refractivity contribution in [1.29, 1.82) is 0 Å². The number of allylic oxidation sites excluding steroid dienone is 1. The van der Waals surface area contributed by atoms with Crippen molar-refractivity contribution in [3.05, 3.63) is 29.5 Å². The van der Waals surface area contributed by atoms with Crippen LogP contribution in [0.2, 0.25) is 0 Å². The van der Waals surface area contributed by atoms with E-state index in [0.29, 0.717) is 12.0 Å². The summed E-state index contributed by atoms with van der Waals surface area (Å²) in [5, 5.41) is 0. The Morgan fingerprint density at radius 1 is 1.21 bits per heavy atom. The van der Waals surface area contributed by atoms with Gasteiger partial charge in [0.25, 0.3) is 0 Å². The smallest absolute Gasteiger partial charge is 0.414 e. The molecule has 8 nitrogen and oxygen atoms in total. The van der Waals surface area contributed by atoms with Gasteiger partial charge in [-0.3, -0.25) is 9.89 Å². The van der Waals surface area contributed by atoms with Crippen LogP contribution in [0, 0.1) is 0 Å². The number of hydrogen-bond donors (Lipinski definition) is 1. The maximum atomic E-state index is 12.5. The van der Waals surface area contributed by atoms with Gasteiger partial charge in [-0.25, -0.2) is 13.2 Å². The summed E-state index contributed by atoms with van der Waals surface area (Å²) in [5.41, 5.74) is 9.26. The number of carbonyl (C=O) groups is 1. The molecule has 1 amide bonds. The van der Waals surface area contributed by atoms with Gasteiger partial charge in [0.1, 0.15) is 5.75 Å². The summed E-state index contributed by atoms with van der Waals surface area (Å²) in [7, 11) is -1.65. The SMILES string of the molecule is COC(=O)N1c2ccc(C(C=NC3CCCS(=O)(=O)C3)=CN)c(OC3CCC3)c2CCC1C. The van der Waals surface area contributed by atoms with Crippen LogP contribution < -0.4 is 15.4 Å². The van der Waals surface area contributed by atoms with Gasteiger partial charge in [0.05, 0.1) is 36.4 Å². The van der Waals surface area contributed by atoms with E-state index in [9.17, 15) is 13.2 Å². The fourth-order valence-corrected chi connectivity index (χ4v) is 6.31. The van der Waals surface area contributed by atoms with E-state index in [0.717, 1.165) is 61.1 Å². The Morgan fingerprint density at radius 3 is 2.64 bits per heavy atom. The molecule has 33 heavy (non-hydrogen) atoms. The molecule has 0 spiro atoms. The summed E-state index contributed by atoms with van der Waals surface area (Å²) in [6.07, 6.45) is 8.98. The molecule has 4 rings (SSSR count). The molecule has 0 aromatic heterocycles. The van der Waals surface area contributed by atoms with Crippen LogP contribution >= 0.6 is 0 Å². The fraction of sp³-hybridized carbons (Fsp3) is 0.583. The first-order valence-electron chi connectivity index (χ1n) is 11.7. The fourth-order valence-electron chi connectivity index (χ4n) is 4.70. The first-order chi connectivity index (χ1) is 15.8. The average Bonchev–Trinajstić information content (AvgIpc) is 2.75. The van der Waals surface area contributed by atoms with Crippen molar-refractivity contribution < 1.29 is 22.7 Å². The quantitative estimate of drug-likeness (QED) is 0.653. The number of hydrogen-bond acceptors (Lipinski definition) is 7. The third-order valence-electron chi connectivity index (χ3n) is 6.81. The maximum absolute atomic E-state index is 12.5. The number of ether oxygens (including phenoxy) is 2. The Hall–Kier alpha value is -2.55. The van der Waals surface area contributed by atoms with Gasteiger partial charge in [-0.15, -0.1) is 0 Å². The second-order valence-electron chi connectivity index (χ2n) is 9.15. The summed E-state index contributed by atoms with van der Waals surface area (Å²) in [6, 6.07) is 3.57. The summed E-state index contributed by atoms with van der Waals surface area (Å²) in [5.74, 6) is 1.04. The van der Waals surface area contributed by atoms with Gasteiger partial charge in [0, 0.05) is 35.2 Å². The standard InChI is InChI=1S/C24H33N3O5S/c1-16-8-9-21-22(27(16)24(28)31-2)11-10-20(23(21)32-19-6-3-7-19)17(13-25)14-26-18-5-4-12-33(29,30)15-18/h10-11,13-14,16,18-19H,3-9,12,15,25H2,1-2H3. The van der Waals surface area contributed by atoms with Crippen LogP contribution in [0.25, 0.3) is 5.57 Å². The van der Waals surface area contributed by atoms with Gasteiger partial charge in [-0.2, -0.15) is 0 Å². The molecule has 1 saturated carbocycles. The van der Waals surface area contributed by atoms with E-state index >= 15 is 0 Å². The number of benzene rings is 1. The molecule has 0 bridgehead atoms. The molecule has 2 atom stereocenters. The maximum Gasteiger partial charge on any atom is 0.414 e. The molecule has 180 valence electrons. The van der Waals surface area contributed by atoms with E-state index in [1.807, 2.05) is 19.1 Å². The van der Waals surface area contributed by atoms with Gasteiger partial charge < -0.3 is 15.2 Å². The van der Waals surface area contributed by atoms with E-state index in [4.69, 9.17) is 15.2 Å². The number of nitrogens with two attached hydrogens (primary N) is 1. The molecule has 1 aromatic carbocycles. The lowest BCUT2D eigenvalue weighted by Crippen LogP contribution is -2.42. The van der Waals surface area contributed by atoms with Crippen molar-refractivity contribution in [2.75, 3.05) is 23.5 Å². The van der Waals surface area contributed by atoms with Crippen LogP contribution in [-0.2, 0) is 21.0 Å². The van der Waals surface area contributed by atoms with E-state index in [-0.39, 0.29) is 35.8 Å². The molecule has 1 aliphatic carbocycles. The van der Waals surface area contributed by atoms with Crippen LogP contribution in [0.4, 0.5) is 10.5 Å². The zero-order valence-corrected chi connectivity index (χ0v) is 20.1. The Labute approximate surface area is 195 Å². The minimum Gasteiger partial charge on any atom is -0.489 e.